The molecule has 0 unspecified atom stereocenters. The molecule has 3 rings (SSSR count). The van der Waals surface area contributed by atoms with Crippen molar-refractivity contribution < 1.29 is 4.79 Å². The van der Waals surface area contributed by atoms with E-state index in [1.165, 1.54) is 0 Å². The number of amides is 1. The number of aromatic amines is 1. The zero-order chi connectivity index (χ0) is 15.5. The molecule has 1 aliphatic heterocycles. The van der Waals surface area contributed by atoms with Gasteiger partial charge in [0.05, 0.1) is 9.77 Å². The summed E-state index contributed by atoms with van der Waals surface area (Å²) >= 11 is 8.33. The smallest absolute Gasteiger partial charge is 0.273 e. The van der Waals surface area contributed by atoms with E-state index in [2.05, 4.69) is 37.7 Å². The molecule has 1 N–H and O–H groups in total. The van der Waals surface area contributed by atoms with Crippen molar-refractivity contribution in [3.63, 3.8) is 0 Å². The molecule has 0 atom stereocenters. The molecule has 22 heavy (non-hydrogen) atoms. The number of benzene rings is 1. The Morgan fingerprint density at radius 2 is 2.00 bits per heavy atom. The number of carbonyl (C=O) groups excluding carboxylic acids is 1. The molecule has 1 saturated heterocycles. The zero-order valence-corrected chi connectivity index (χ0v) is 14.8. The van der Waals surface area contributed by atoms with E-state index in [9.17, 15) is 4.79 Å². The molecule has 0 aliphatic carbocycles. The maximum Gasteiger partial charge on any atom is 0.273 e. The van der Waals surface area contributed by atoms with Gasteiger partial charge in [0.2, 0.25) is 0 Å². The van der Waals surface area contributed by atoms with E-state index in [1.54, 1.807) is 6.20 Å². The minimum Gasteiger partial charge on any atom is -0.335 e. The number of aromatic nitrogens is 2. The quantitative estimate of drug-likeness (QED) is 0.762. The van der Waals surface area contributed by atoms with Crippen molar-refractivity contribution in [1.82, 2.24) is 20.0 Å². The minimum absolute atomic E-state index is 0.0271. The van der Waals surface area contributed by atoms with Crippen LogP contribution in [0.2, 0.25) is 5.02 Å². The molecule has 0 saturated carbocycles. The third kappa shape index (κ3) is 3.44. The van der Waals surface area contributed by atoms with Crippen LogP contribution in [0.3, 0.4) is 0 Å². The second-order valence-electron chi connectivity index (χ2n) is 5.25. The van der Waals surface area contributed by atoms with Crippen molar-refractivity contribution in [2.24, 2.45) is 0 Å². The number of piperazine rings is 1. The van der Waals surface area contributed by atoms with Crippen molar-refractivity contribution in [3.8, 4) is 0 Å². The highest BCUT2D eigenvalue weighted by molar-refractivity contribution is 14.1. The highest BCUT2D eigenvalue weighted by atomic mass is 127. The van der Waals surface area contributed by atoms with E-state index < -0.39 is 0 Å². The largest absolute Gasteiger partial charge is 0.335 e. The first kappa shape index (κ1) is 15.8. The Balaban J connectivity index is 1.58. The Kier molecular flexibility index (Phi) is 5.00. The maximum atomic E-state index is 12.4. The molecule has 116 valence electrons. The van der Waals surface area contributed by atoms with E-state index in [-0.39, 0.29) is 5.91 Å². The molecule has 1 amide bonds. The van der Waals surface area contributed by atoms with Gasteiger partial charge < -0.3 is 4.90 Å². The van der Waals surface area contributed by atoms with Crippen LogP contribution in [-0.2, 0) is 6.54 Å². The van der Waals surface area contributed by atoms with Gasteiger partial charge >= 0.3 is 0 Å². The first-order chi connectivity index (χ1) is 10.6. The molecule has 5 nitrogen and oxygen atoms in total. The summed E-state index contributed by atoms with van der Waals surface area (Å²) in [6, 6.07) is 7.90. The average molecular weight is 431 g/mol. The molecule has 1 aromatic heterocycles. The summed E-state index contributed by atoms with van der Waals surface area (Å²) in [5.41, 5.74) is 1.72. The Morgan fingerprint density at radius 3 is 2.64 bits per heavy atom. The number of rotatable bonds is 3. The fourth-order valence-electron chi connectivity index (χ4n) is 2.56. The van der Waals surface area contributed by atoms with Crippen LogP contribution in [0, 0.1) is 3.57 Å². The summed E-state index contributed by atoms with van der Waals surface area (Å²) in [5, 5.41) is 7.49. The van der Waals surface area contributed by atoms with Gasteiger partial charge in [0.25, 0.3) is 5.91 Å². The van der Waals surface area contributed by atoms with Gasteiger partial charge in [-0.15, -0.1) is 0 Å². The van der Waals surface area contributed by atoms with Crippen molar-refractivity contribution in [2.75, 3.05) is 26.2 Å². The fraction of sp³-hybridized carbons (Fsp3) is 0.333. The summed E-state index contributed by atoms with van der Waals surface area (Å²) < 4.78 is 0.862. The van der Waals surface area contributed by atoms with Crippen LogP contribution < -0.4 is 0 Å². The number of hydrogen-bond acceptors (Lipinski definition) is 3. The van der Waals surface area contributed by atoms with E-state index in [4.69, 9.17) is 11.6 Å². The lowest BCUT2D eigenvalue weighted by atomic mass is 10.2. The number of nitrogens with one attached hydrogen (secondary N) is 1. The molecule has 7 heteroatoms. The number of halogens is 2. The monoisotopic (exact) mass is 430 g/mol. The molecule has 2 heterocycles. The van der Waals surface area contributed by atoms with E-state index in [0.717, 1.165) is 46.9 Å². The molecular weight excluding hydrogens is 415 g/mol. The first-order valence-electron chi connectivity index (χ1n) is 7.09. The van der Waals surface area contributed by atoms with Gasteiger partial charge in [0.1, 0.15) is 5.69 Å². The minimum atomic E-state index is 0.0271. The molecule has 0 spiro atoms. The second-order valence-corrected chi connectivity index (χ2v) is 6.82. The van der Waals surface area contributed by atoms with E-state index in [1.807, 2.05) is 29.2 Å². The van der Waals surface area contributed by atoms with Crippen LogP contribution in [0.25, 0.3) is 0 Å². The van der Waals surface area contributed by atoms with Crippen LogP contribution in [0.5, 0.6) is 0 Å². The van der Waals surface area contributed by atoms with Gasteiger partial charge in [-0.1, -0.05) is 29.8 Å². The van der Waals surface area contributed by atoms with E-state index >= 15 is 0 Å². The number of H-pyrrole nitrogens is 1. The molecule has 2 aromatic rings. The van der Waals surface area contributed by atoms with Crippen LogP contribution in [0.4, 0.5) is 0 Å². The Hall–Kier alpha value is -1.12. The van der Waals surface area contributed by atoms with Gasteiger partial charge in [-0.2, -0.15) is 5.10 Å². The lowest BCUT2D eigenvalue weighted by Gasteiger charge is -2.34. The van der Waals surface area contributed by atoms with Crippen LogP contribution in [0.15, 0.2) is 30.5 Å². The topological polar surface area (TPSA) is 52.2 Å². The van der Waals surface area contributed by atoms with Crippen molar-refractivity contribution >= 4 is 40.1 Å². The number of nitrogens with zero attached hydrogens (tertiary/aromatic N) is 3. The summed E-state index contributed by atoms with van der Waals surface area (Å²) in [6.45, 7) is 3.96. The molecule has 1 aliphatic rings. The lowest BCUT2D eigenvalue weighted by molar-refractivity contribution is 0.0621. The van der Waals surface area contributed by atoms with Crippen molar-refractivity contribution in [2.45, 2.75) is 6.54 Å². The number of hydrogen-bond donors (Lipinski definition) is 1. The van der Waals surface area contributed by atoms with Crippen LogP contribution >= 0.6 is 34.2 Å². The highest BCUT2D eigenvalue weighted by Gasteiger charge is 2.24. The summed E-state index contributed by atoms with van der Waals surface area (Å²) in [6.07, 6.45) is 1.67. The Bertz CT molecular complexity index is 667. The predicted octanol–water partition coefficient (Wildman–Crippen LogP) is 2.63. The first-order valence-corrected chi connectivity index (χ1v) is 8.54. The summed E-state index contributed by atoms with van der Waals surface area (Å²) in [4.78, 5) is 16.6. The standard InChI is InChI=1S/C15H16ClIN4O/c16-12-4-2-1-3-11(12)10-20-5-7-21(8-6-20)15(22)14-13(17)9-18-19-14/h1-4,9H,5-8,10H2,(H,18,19). The predicted molar refractivity (Wildman–Crippen MR) is 93.9 cm³/mol. The Labute approximate surface area is 147 Å². The Morgan fingerprint density at radius 1 is 1.27 bits per heavy atom. The molecule has 1 aromatic carbocycles. The van der Waals surface area contributed by atoms with Crippen molar-refractivity contribution in [3.05, 3.63) is 50.3 Å². The van der Waals surface area contributed by atoms with E-state index in [0.29, 0.717) is 5.69 Å². The molecule has 0 radical (unpaired) electrons. The molecule has 1 fully saturated rings. The highest BCUT2D eigenvalue weighted by Crippen LogP contribution is 2.18. The molecular formula is C15H16ClIN4O. The third-order valence-corrected chi connectivity index (χ3v) is 5.00. The second kappa shape index (κ2) is 6.97. The van der Waals surface area contributed by atoms with Crippen LogP contribution in [-0.4, -0.2) is 52.1 Å². The zero-order valence-electron chi connectivity index (χ0n) is 11.9. The SMILES string of the molecule is O=C(c1[nH]ncc1I)N1CCN(Cc2ccccc2Cl)CC1. The lowest BCUT2D eigenvalue weighted by Crippen LogP contribution is -2.48. The van der Waals surface area contributed by atoms with Gasteiger partial charge in [-0.3, -0.25) is 14.8 Å². The van der Waals surface area contributed by atoms with Gasteiger partial charge in [0.15, 0.2) is 0 Å². The summed E-state index contributed by atoms with van der Waals surface area (Å²) in [7, 11) is 0. The van der Waals surface area contributed by atoms with Gasteiger partial charge in [-0.25, -0.2) is 0 Å². The van der Waals surface area contributed by atoms with Gasteiger partial charge in [-0.05, 0) is 34.2 Å². The summed E-state index contributed by atoms with van der Waals surface area (Å²) in [5.74, 6) is 0.0271. The molecule has 0 bridgehead atoms. The fourth-order valence-corrected chi connectivity index (χ4v) is 3.24. The van der Waals surface area contributed by atoms with Crippen LogP contribution in [0.1, 0.15) is 16.1 Å². The normalized spacial score (nSPS) is 16.0. The van der Waals surface area contributed by atoms with Gasteiger partial charge in [0, 0.05) is 37.7 Å². The number of carbonyl (C=O) groups is 1. The maximum absolute atomic E-state index is 12.4. The average Bonchev–Trinajstić information content (AvgIpc) is 2.96. The van der Waals surface area contributed by atoms with Crippen molar-refractivity contribution in [1.29, 1.82) is 0 Å². The third-order valence-electron chi connectivity index (χ3n) is 3.82.